The highest BCUT2D eigenvalue weighted by Crippen LogP contribution is 2.32. The largest absolute Gasteiger partial charge is 0.497 e. The summed E-state index contributed by atoms with van der Waals surface area (Å²) in [4.78, 5) is 26.6. The van der Waals surface area contributed by atoms with Crippen LogP contribution in [0.1, 0.15) is 18.4 Å². The molecule has 2 heterocycles. The fourth-order valence-electron chi connectivity index (χ4n) is 2.76. The molecule has 2 fully saturated rings. The van der Waals surface area contributed by atoms with Gasteiger partial charge in [0.15, 0.2) is 0 Å². The molecule has 3 rings (SSSR count). The highest BCUT2D eigenvalue weighted by atomic mass is 32.2. The van der Waals surface area contributed by atoms with E-state index in [1.807, 2.05) is 24.3 Å². The molecule has 8 heteroatoms. The maximum absolute atomic E-state index is 12.6. The van der Waals surface area contributed by atoms with Gasteiger partial charge in [0.25, 0.3) is 5.91 Å². The normalized spacial score (nSPS) is 21.5. The Bertz CT molecular complexity index is 744. The van der Waals surface area contributed by atoms with Gasteiger partial charge in [-0.3, -0.25) is 14.5 Å². The number of thiocarbonyl (C=S) groups is 1. The maximum Gasteiger partial charge on any atom is 0.266 e. The van der Waals surface area contributed by atoms with Gasteiger partial charge < -0.3 is 14.8 Å². The molecule has 0 bridgehead atoms. The van der Waals surface area contributed by atoms with Gasteiger partial charge in [-0.15, -0.1) is 0 Å². The number of benzene rings is 1. The van der Waals surface area contributed by atoms with Crippen LogP contribution in [0.3, 0.4) is 0 Å². The Hall–Kier alpha value is -1.90. The summed E-state index contributed by atoms with van der Waals surface area (Å²) in [5.74, 6) is 0.458. The Kier molecular flexibility index (Phi) is 6.29. The average molecular weight is 393 g/mol. The van der Waals surface area contributed by atoms with Crippen LogP contribution in [0.4, 0.5) is 0 Å². The van der Waals surface area contributed by atoms with Crippen molar-refractivity contribution in [1.29, 1.82) is 0 Å². The van der Waals surface area contributed by atoms with Crippen molar-refractivity contribution in [2.75, 3.05) is 26.8 Å². The van der Waals surface area contributed by atoms with Gasteiger partial charge in [-0.05, 0) is 36.6 Å². The Morgan fingerprint density at radius 1 is 1.54 bits per heavy atom. The highest BCUT2D eigenvalue weighted by molar-refractivity contribution is 8.26. The summed E-state index contributed by atoms with van der Waals surface area (Å²) in [6.07, 6.45) is 3.08. The summed E-state index contributed by atoms with van der Waals surface area (Å²) >= 11 is 6.58. The first-order chi connectivity index (χ1) is 12.6. The van der Waals surface area contributed by atoms with Gasteiger partial charge in [0.2, 0.25) is 5.91 Å². The number of hydrogen-bond donors (Lipinski definition) is 1. The van der Waals surface area contributed by atoms with Crippen molar-refractivity contribution in [2.24, 2.45) is 0 Å². The summed E-state index contributed by atoms with van der Waals surface area (Å²) in [6, 6.07) is 7.47. The van der Waals surface area contributed by atoms with E-state index in [-0.39, 0.29) is 17.9 Å². The van der Waals surface area contributed by atoms with E-state index in [0.717, 1.165) is 24.2 Å². The molecule has 0 aromatic heterocycles. The van der Waals surface area contributed by atoms with E-state index in [1.165, 1.54) is 16.7 Å². The van der Waals surface area contributed by atoms with Crippen LogP contribution in [0.5, 0.6) is 5.75 Å². The van der Waals surface area contributed by atoms with E-state index in [4.69, 9.17) is 21.7 Å². The minimum atomic E-state index is -0.367. The van der Waals surface area contributed by atoms with Crippen LogP contribution in [0.25, 0.3) is 6.08 Å². The lowest BCUT2D eigenvalue weighted by Gasteiger charge is -2.16. The molecular formula is C18H20N2O4S2. The lowest BCUT2D eigenvalue weighted by atomic mass is 10.2. The van der Waals surface area contributed by atoms with Crippen LogP contribution in [0.15, 0.2) is 29.2 Å². The lowest BCUT2D eigenvalue weighted by Crippen LogP contribution is -2.40. The van der Waals surface area contributed by atoms with E-state index in [9.17, 15) is 9.59 Å². The number of carbonyl (C=O) groups is 2. The molecule has 6 nitrogen and oxygen atoms in total. The summed E-state index contributed by atoms with van der Waals surface area (Å²) in [7, 11) is 1.60. The Balaban J connectivity index is 1.57. The van der Waals surface area contributed by atoms with E-state index in [2.05, 4.69) is 5.32 Å². The van der Waals surface area contributed by atoms with Crippen molar-refractivity contribution in [2.45, 2.75) is 18.9 Å². The SMILES string of the molecule is COc1cccc(/C=C2/SC(=S)N(CCNC(=O)C3CCCO3)C2=O)c1. The van der Waals surface area contributed by atoms with Gasteiger partial charge in [-0.2, -0.15) is 0 Å². The molecule has 1 N–H and O–H groups in total. The highest BCUT2D eigenvalue weighted by Gasteiger charge is 2.32. The van der Waals surface area contributed by atoms with Crippen molar-refractivity contribution in [3.05, 3.63) is 34.7 Å². The number of carbonyl (C=O) groups excluding carboxylic acids is 2. The molecule has 2 saturated heterocycles. The van der Waals surface area contributed by atoms with E-state index in [1.54, 1.807) is 13.2 Å². The minimum absolute atomic E-state index is 0.125. The van der Waals surface area contributed by atoms with Crippen LogP contribution < -0.4 is 10.1 Å². The van der Waals surface area contributed by atoms with E-state index >= 15 is 0 Å². The number of rotatable bonds is 6. The monoisotopic (exact) mass is 392 g/mol. The molecule has 0 radical (unpaired) electrons. The molecule has 1 aromatic rings. The van der Waals surface area contributed by atoms with Crippen molar-refractivity contribution < 1.29 is 19.1 Å². The van der Waals surface area contributed by atoms with Crippen LogP contribution in [-0.4, -0.2) is 53.9 Å². The molecule has 138 valence electrons. The molecule has 2 amide bonds. The van der Waals surface area contributed by atoms with Gasteiger partial charge >= 0.3 is 0 Å². The number of nitrogens with zero attached hydrogens (tertiary/aromatic N) is 1. The van der Waals surface area contributed by atoms with Crippen LogP contribution in [0.2, 0.25) is 0 Å². The molecule has 1 unspecified atom stereocenters. The van der Waals surface area contributed by atoms with Gasteiger partial charge in [-0.1, -0.05) is 36.1 Å². The zero-order valence-corrected chi connectivity index (χ0v) is 16.0. The third kappa shape index (κ3) is 4.44. The fraction of sp³-hybridized carbons (Fsp3) is 0.389. The number of amides is 2. The first-order valence-electron chi connectivity index (χ1n) is 8.37. The molecular weight excluding hydrogens is 372 g/mol. The van der Waals surface area contributed by atoms with Crippen LogP contribution in [-0.2, 0) is 14.3 Å². The van der Waals surface area contributed by atoms with Crippen molar-refractivity contribution in [3.63, 3.8) is 0 Å². The summed E-state index contributed by atoms with van der Waals surface area (Å²) in [5.41, 5.74) is 0.872. The third-order valence-electron chi connectivity index (χ3n) is 4.12. The number of ether oxygens (including phenoxy) is 2. The van der Waals surface area contributed by atoms with Crippen molar-refractivity contribution in [1.82, 2.24) is 10.2 Å². The molecule has 26 heavy (non-hydrogen) atoms. The smallest absolute Gasteiger partial charge is 0.266 e. The average Bonchev–Trinajstić information content (AvgIpc) is 3.26. The lowest BCUT2D eigenvalue weighted by molar-refractivity contribution is -0.130. The zero-order valence-electron chi connectivity index (χ0n) is 14.4. The molecule has 1 aromatic carbocycles. The number of thioether (sulfide) groups is 1. The summed E-state index contributed by atoms with van der Waals surface area (Å²) in [5, 5.41) is 2.81. The zero-order chi connectivity index (χ0) is 18.5. The maximum atomic E-state index is 12.6. The Morgan fingerprint density at radius 2 is 2.38 bits per heavy atom. The second kappa shape index (κ2) is 8.66. The molecule has 2 aliphatic rings. The van der Waals surface area contributed by atoms with E-state index < -0.39 is 0 Å². The fourth-order valence-corrected chi connectivity index (χ4v) is 4.07. The predicted octanol–water partition coefficient (Wildman–Crippen LogP) is 2.19. The van der Waals surface area contributed by atoms with E-state index in [0.29, 0.717) is 28.9 Å². The van der Waals surface area contributed by atoms with Gasteiger partial charge in [0, 0.05) is 19.7 Å². The standard InChI is InChI=1S/C18H20N2O4S2/c1-23-13-5-2-4-12(10-13)11-15-17(22)20(18(25)26-15)8-7-19-16(21)14-6-3-9-24-14/h2,4-5,10-11,14H,3,6-9H2,1H3,(H,19,21)/b15-11+. The Morgan fingerprint density at radius 3 is 3.12 bits per heavy atom. The molecule has 0 spiro atoms. The third-order valence-corrected chi connectivity index (χ3v) is 5.50. The van der Waals surface area contributed by atoms with Gasteiger partial charge in [0.1, 0.15) is 16.2 Å². The Labute approximate surface area is 161 Å². The minimum Gasteiger partial charge on any atom is -0.497 e. The second-order valence-corrected chi connectivity index (χ2v) is 7.58. The molecule has 2 aliphatic heterocycles. The molecule has 0 aliphatic carbocycles. The first-order valence-corrected chi connectivity index (χ1v) is 9.59. The second-order valence-electron chi connectivity index (χ2n) is 5.90. The predicted molar refractivity (Wildman–Crippen MR) is 105 cm³/mol. The van der Waals surface area contributed by atoms with Gasteiger partial charge in [-0.25, -0.2) is 0 Å². The quantitative estimate of drug-likeness (QED) is 0.591. The topological polar surface area (TPSA) is 67.9 Å². The van der Waals surface area contributed by atoms with Crippen LogP contribution >= 0.6 is 24.0 Å². The molecule has 1 atom stereocenters. The summed E-state index contributed by atoms with van der Waals surface area (Å²) in [6.45, 7) is 1.32. The van der Waals surface area contributed by atoms with Crippen molar-refractivity contribution >= 4 is 46.2 Å². The van der Waals surface area contributed by atoms with Gasteiger partial charge in [0.05, 0.1) is 12.0 Å². The van der Waals surface area contributed by atoms with Crippen molar-refractivity contribution in [3.8, 4) is 5.75 Å². The first kappa shape index (κ1) is 18.9. The number of methoxy groups -OCH3 is 1. The number of nitrogens with one attached hydrogen (secondary N) is 1. The number of hydrogen-bond acceptors (Lipinski definition) is 6. The van der Waals surface area contributed by atoms with Crippen LogP contribution in [0, 0.1) is 0 Å². The molecule has 0 saturated carbocycles. The summed E-state index contributed by atoms with van der Waals surface area (Å²) < 4.78 is 11.0.